The molecule has 1 N–H and O–H groups in total. The number of hydrogen-bond donors (Lipinski definition) is 1. The van der Waals surface area contributed by atoms with Crippen LogP contribution in [0.1, 0.15) is 33.6 Å². The van der Waals surface area contributed by atoms with Crippen LogP contribution in [0.5, 0.6) is 0 Å². The summed E-state index contributed by atoms with van der Waals surface area (Å²) in [6, 6.07) is -0.0643. The van der Waals surface area contributed by atoms with E-state index < -0.39 is 12.1 Å². The molecular formula is C13H24N2O4. The molecule has 1 aliphatic heterocycles. The molecule has 19 heavy (non-hydrogen) atoms. The highest BCUT2D eigenvalue weighted by molar-refractivity contribution is 5.75. The Kier molecular flexibility index (Phi) is 5.17. The van der Waals surface area contributed by atoms with E-state index in [1.165, 1.54) is 0 Å². The van der Waals surface area contributed by atoms with Gasteiger partial charge in [0.25, 0.3) is 0 Å². The fourth-order valence-electron chi connectivity index (χ4n) is 1.92. The van der Waals surface area contributed by atoms with E-state index in [0.717, 1.165) is 6.42 Å². The van der Waals surface area contributed by atoms with Crippen LogP contribution in [-0.4, -0.2) is 65.3 Å². The van der Waals surface area contributed by atoms with Crippen molar-refractivity contribution in [1.82, 2.24) is 9.80 Å². The van der Waals surface area contributed by atoms with Crippen LogP contribution in [0.3, 0.4) is 0 Å². The van der Waals surface area contributed by atoms with Crippen molar-refractivity contribution in [2.24, 2.45) is 0 Å². The maximum absolute atomic E-state index is 12.4. The third-order valence-corrected chi connectivity index (χ3v) is 3.87. The number of morpholine rings is 1. The van der Waals surface area contributed by atoms with Crippen molar-refractivity contribution in [2.45, 2.75) is 45.3 Å². The molecule has 6 heteroatoms. The smallest absolute Gasteiger partial charge is 0.320 e. The number of rotatable bonds is 4. The summed E-state index contributed by atoms with van der Waals surface area (Å²) in [6.45, 7) is 7.31. The van der Waals surface area contributed by atoms with E-state index in [1.54, 1.807) is 16.8 Å². The van der Waals surface area contributed by atoms with Crippen LogP contribution in [-0.2, 0) is 9.53 Å². The summed E-state index contributed by atoms with van der Waals surface area (Å²) in [5, 5.41) is 8.77. The maximum Gasteiger partial charge on any atom is 0.320 e. The number of urea groups is 1. The molecule has 0 spiro atoms. The van der Waals surface area contributed by atoms with E-state index in [0.29, 0.717) is 19.7 Å². The van der Waals surface area contributed by atoms with Gasteiger partial charge in [-0.15, -0.1) is 0 Å². The van der Waals surface area contributed by atoms with Gasteiger partial charge in [-0.25, -0.2) is 4.79 Å². The fourth-order valence-corrected chi connectivity index (χ4v) is 1.92. The van der Waals surface area contributed by atoms with Gasteiger partial charge in [0, 0.05) is 25.7 Å². The van der Waals surface area contributed by atoms with Gasteiger partial charge in [0.05, 0.1) is 19.1 Å². The van der Waals surface area contributed by atoms with Crippen LogP contribution in [0, 0.1) is 0 Å². The van der Waals surface area contributed by atoms with Gasteiger partial charge in [0.15, 0.2) is 0 Å². The van der Waals surface area contributed by atoms with Crippen molar-refractivity contribution in [3.63, 3.8) is 0 Å². The second kappa shape index (κ2) is 6.23. The van der Waals surface area contributed by atoms with Gasteiger partial charge in [-0.2, -0.15) is 0 Å². The van der Waals surface area contributed by atoms with Crippen molar-refractivity contribution in [3.8, 4) is 0 Å². The predicted molar refractivity (Wildman–Crippen MR) is 71.1 cm³/mol. The lowest BCUT2D eigenvalue weighted by Crippen LogP contribution is -2.55. The lowest BCUT2D eigenvalue weighted by molar-refractivity contribution is -0.141. The number of carbonyl (C=O) groups is 2. The molecule has 1 saturated heterocycles. The second-order valence-corrected chi connectivity index (χ2v) is 5.54. The topological polar surface area (TPSA) is 70.1 Å². The highest BCUT2D eigenvalue weighted by atomic mass is 16.5. The van der Waals surface area contributed by atoms with Crippen molar-refractivity contribution in [2.75, 3.05) is 26.7 Å². The van der Waals surface area contributed by atoms with Gasteiger partial charge in [0.1, 0.15) is 0 Å². The third-order valence-electron chi connectivity index (χ3n) is 3.87. The summed E-state index contributed by atoms with van der Waals surface area (Å²) < 4.78 is 5.37. The Bertz CT molecular complexity index is 344. The number of aliphatic carboxylic acids is 1. The summed E-state index contributed by atoms with van der Waals surface area (Å²) in [5.41, 5.74) is -0.211. The van der Waals surface area contributed by atoms with Crippen LogP contribution in [0.2, 0.25) is 0 Å². The Morgan fingerprint density at radius 2 is 2.11 bits per heavy atom. The summed E-state index contributed by atoms with van der Waals surface area (Å²) >= 11 is 0. The average Bonchev–Trinajstić information content (AvgIpc) is 2.36. The fraction of sp³-hybridized carbons (Fsp3) is 0.846. The van der Waals surface area contributed by atoms with E-state index >= 15 is 0 Å². The van der Waals surface area contributed by atoms with Gasteiger partial charge in [-0.1, -0.05) is 6.92 Å². The Balaban J connectivity index is 2.64. The molecule has 2 amide bonds. The molecule has 6 nitrogen and oxygen atoms in total. The summed E-state index contributed by atoms with van der Waals surface area (Å²) in [4.78, 5) is 26.5. The maximum atomic E-state index is 12.4. The first kappa shape index (κ1) is 15.8. The van der Waals surface area contributed by atoms with Gasteiger partial charge in [-0.05, 0) is 20.3 Å². The summed E-state index contributed by atoms with van der Waals surface area (Å²) in [7, 11) is 1.79. The van der Waals surface area contributed by atoms with E-state index in [2.05, 4.69) is 0 Å². The molecule has 1 aliphatic rings. The number of carboxylic acid groups (broad SMARTS) is 1. The van der Waals surface area contributed by atoms with Crippen LogP contribution in [0.25, 0.3) is 0 Å². The molecule has 1 fully saturated rings. The molecule has 1 heterocycles. The number of nitrogens with zero attached hydrogens (tertiary/aromatic N) is 2. The number of carbonyl (C=O) groups excluding carboxylic acids is 1. The molecule has 0 bridgehead atoms. The van der Waals surface area contributed by atoms with Gasteiger partial charge in [-0.3, -0.25) is 4.79 Å². The van der Waals surface area contributed by atoms with E-state index in [1.807, 2.05) is 20.8 Å². The Morgan fingerprint density at radius 3 is 2.63 bits per heavy atom. The number of carboxylic acids is 1. The van der Waals surface area contributed by atoms with Crippen LogP contribution >= 0.6 is 0 Å². The first-order valence-electron chi connectivity index (χ1n) is 6.64. The first-order chi connectivity index (χ1) is 8.77. The lowest BCUT2D eigenvalue weighted by atomic mass is 10.0. The summed E-state index contributed by atoms with van der Waals surface area (Å²) in [6.07, 6.45) is 0.385. The van der Waals surface area contributed by atoms with Gasteiger partial charge in [0.2, 0.25) is 0 Å². The molecule has 0 aromatic heterocycles. The zero-order valence-corrected chi connectivity index (χ0v) is 12.2. The summed E-state index contributed by atoms with van der Waals surface area (Å²) in [5.74, 6) is -0.901. The predicted octanol–water partition coefficient (Wildman–Crippen LogP) is 1.40. The van der Waals surface area contributed by atoms with Crippen LogP contribution in [0.15, 0.2) is 0 Å². The molecule has 110 valence electrons. The Hall–Kier alpha value is -1.30. The van der Waals surface area contributed by atoms with E-state index in [9.17, 15) is 9.59 Å². The average molecular weight is 272 g/mol. The molecule has 1 atom stereocenters. The quantitative estimate of drug-likeness (QED) is 0.840. The minimum atomic E-state index is -0.901. The van der Waals surface area contributed by atoms with Crippen LogP contribution in [0.4, 0.5) is 4.79 Å². The van der Waals surface area contributed by atoms with Crippen molar-refractivity contribution < 1.29 is 19.4 Å². The normalized spacial score (nSPS) is 20.2. The largest absolute Gasteiger partial charge is 0.481 e. The first-order valence-corrected chi connectivity index (χ1v) is 6.64. The molecule has 1 unspecified atom stereocenters. The SMILES string of the molecule is CCC(C)(C)N(C)C(=O)N1CCOC(CC(=O)O)C1. The van der Waals surface area contributed by atoms with Gasteiger partial charge < -0.3 is 19.6 Å². The highest BCUT2D eigenvalue weighted by Gasteiger charge is 2.32. The monoisotopic (exact) mass is 272 g/mol. The third kappa shape index (κ3) is 4.09. The van der Waals surface area contributed by atoms with E-state index in [-0.39, 0.29) is 18.0 Å². The zero-order chi connectivity index (χ0) is 14.6. The van der Waals surface area contributed by atoms with Gasteiger partial charge >= 0.3 is 12.0 Å². The number of hydrogen-bond acceptors (Lipinski definition) is 3. The molecule has 0 radical (unpaired) electrons. The minimum absolute atomic E-state index is 0.0643. The molecule has 0 saturated carbocycles. The molecule has 0 aliphatic carbocycles. The lowest BCUT2D eigenvalue weighted by Gasteiger charge is -2.41. The number of ether oxygens (including phenoxy) is 1. The zero-order valence-electron chi connectivity index (χ0n) is 12.2. The molecule has 0 aromatic carbocycles. The minimum Gasteiger partial charge on any atom is -0.481 e. The van der Waals surface area contributed by atoms with Crippen molar-refractivity contribution >= 4 is 12.0 Å². The molecule has 1 rings (SSSR count). The number of amides is 2. The van der Waals surface area contributed by atoms with Crippen molar-refractivity contribution in [1.29, 1.82) is 0 Å². The Morgan fingerprint density at radius 1 is 1.47 bits per heavy atom. The van der Waals surface area contributed by atoms with Crippen molar-refractivity contribution in [3.05, 3.63) is 0 Å². The molecular weight excluding hydrogens is 248 g/mol. The van der Waals surface area contributed by atoms with E-state index in [4.69, 9.17) is 9.84 Å². The second-order valence-electron chi connectivity index (χ2n) is 5.54. The standard InChI is InChI=1S/C13H24N2O4/c1-5-13(2,3)14(4)12(18)15-6-7-19-10(9-15)8-11(16)17/h10H,5-9H2,1-4H3,(H,16,17). The molecule has 0 aromatic rings. The van der Waals surface area contributed by atoms with Crippen LogP contribution < -0.4 is 0 Å². The highest BCUT2D eigenvalue weighted by Crippen LogP contribution is 2.19. The Labute approximate surface area is 114 Å².